The van der Waals surface area contributed by atoms with Gasteiger partial charge in [-0.1, -0.05) is 26.8 Å². The van der Waals surface area contributed by atoms with E-state index < -0.39 is 16.8 Å². The van der Waals surface area contributed by atoms with Gasteiger partial charge in [0.25, 0.3) is 0 Å². The molecule has 1 aliphatic heterocycles. The number of allylic oxidation sites excluding steroid dienone is 1. The summed E-state index contributed by atoms with van der Waals surface area (Å²) in [7, 11) is 0. The Balaban J connectivity index is 1.49. The zero-order valence-electron chi connectivity index (χ0n) is 17.9. The Hall–Kier alpha value is -1.22. The van der Waals surface area contributed by atoms with Crippen LogP contribution in [0.2, 0.25) is 0 Å². The molecule has 4 fully saturated rings. The Bertz CT molecular complexity index is 815. The molecule has 1 saturated heterocycles. The Morgan fingerprint density at radius 1 is 1.14 bits per heavy atom. The minimum absolute atomic E-state index is 0.0271. The van der Waals surface area contributed by atoms with Gasteiger partial charge in [-0.2, -0.15) is 5.26 Å². The van der Waals surface area contributed by atoms with E-state index >= 15 is 0 Å². The minimum Gasteiger partial charge on any atom is -0.388 e. The van der Waals surface area contributed by atoms with Crippen LogP contribution in [0, 0.1) is 39.4 Å². The highest BCUT2D eigenvalue weighted by Gasteiger charge is 2.67. The average molecular weight is 400 g/mol. The van der Waals surface area contributed by atoms with Gasteiger partial charge in [0, 0.05) is 30.1 Å². The van der Waals surface area contributed by atoms with Crippen molar-refractivity contribution in [2.45, 2.75) is 83.5 Å². The van der Waals surface area contributed by atoms with E-state index in [2.05, 4.69) is 32.9 Å². The lowest BCUT2D eigenvalue weighted by Gasteiger charge is -2.61. The largest absolute Gasteiger partial charge is 0.388 e. The number of ketones is 1. The number of carbonyl (C=O) groups excluding carboxylic acids is 1. The lowest BCUT2D eigenvalue weighted by Crippen LogP contribution is -2.64. The van der Waals surface area contributed by atoms with E-state index in [0.29, 0.717) is 63.4 Å². The predicted octanol–water partition coefficient (Wildman–Crippen LogP) is 3.91. The molecule has 0 aromatic carbocycles. The lowest BCUT2D eigenvalue weighted by molar-refractivity contribution is -0.339. The quantitative estimate of drug-likeness (QED) is 0.625. The molecule has 0 aromatic rings. The first kappa shape index (κ1) is 19.7. The third-order valence-electron chi connectivity index (χ3n) is 9.01. The molecule has 5 nitrogen and oxygen atoms in total. The van der Waals surface area contributed by atoms with E-state index in [1.54, 1.807) is 0 Å². The number of nitriles is 1. The molecule has 1 spiro atoms. The zero-order valence-corrected chi connectivity index (χ0v) is 17.9. The highest BCUT2D eigenvalue weighted by molar-refractivity contribution is 5.87. The normalized spacial score (nSPS) is 47.6. The molecule has 5 aliphatic rings. The van der Waals surface area contributed by atoms with Crippen molar-refractivity contribution in [3.05, 3.63) is 11.6 Å². The van der Waals surface area contributed by atoms with Gasteiger partial charge >= 0.3 is 0 Å². The predicted molar refractivity (Wildman–Crippen MR) is 107 cm³/mol. The van der Waals surface area contributed by atoms with Crippen LogP contribution in [0.1, 0.15) is 72.1 Å². The van der Waals surface area contributed by atoms with Crippen molar-refractivity contribution < 1.29 is 19.4 Å². The maximum absolute atomic E-state index is 12.6. The standard InChI is InChI=1S/C24H33NO4/c1-20(2)14-28-24(29-15-20)11-10-22(13-25)18-7-8-21(3)17(4-5-19(21)26)16(18)6-9-23(22,27)12-24/h7,16-17,27H,4-6,8-12,14-15H2,1-3H3/t16-,17-,21+,22-,23+/m0/s1. The monoisotopic (exact) mass is 399 g/mol. The highest BCUT2D eigenvalue weighted by Crippen LogP contribution is 2.66. The zero-order chi connectivity index (χ0) is 20.7. The SMILES string of the molecule is CC1(C)COC2(CC[C@]3(C#N)C4=CC[C@@]5(C)C(=O)CC[C@H]5[C@@H]4CC[C@@]3(O)C2)OC1. The van der Waals surface area contributed by atoms with E-state index in [-0.39, 0.29) is 16.7 Å². The first-order valence-corrected chi connectivity index (χ1v) is 11.2. The summed E-state index contributed by atoms with van der Waals surface area (Å²) in [5, 5.41) is 22.3. The van der Waals surface area contributed by atoms with Crippen LogP contribution in [-0.4, -0.2) is 35.5 Å². The molecule has 5 atom stereocenters. The van der Waals surface area contributed by atoms with Crippen LogP contribution >= 0.6 is 0 Å². The van der Waals surface area contributed by atoms with E-state index in [1.807, 2.05) is 0 Å². The number of carbonyl (C=O) groups is 1. The van der Waals surface area contributed by atoms with Crippen molar-refractivity contribution in [1.82, 2.24) is 0 Å². The maximum Gasteiger partial charge on any atom is 0.171 e. The van der Waals surface area contributed by atoms with Gasteiger partial charge in [0.2, 0.25) is 0 Å². The van der Waals surface area contributed by atoms with Crippen LogP contribution in [0.4, 0.5) is 0 Å². The van der Waals surface area contributed by atoms with Crippen molar-refractivity contribution in [1.29, 1.82) is 5.26 Å². The summed E-state index contributed by atoms with van der Waals surface area (Å²) in [5.41, 5.74) is -1.22. The summed E-state index contributed by atoms with van der Waals surface area (Å²) in [6.07, 6.45) is 7.38. The lowest BCUT2D eigenvalue weighted by atomic mass is 9.47. The van der Waals surface area contributed by atoms with Crippen LogP contribution in [0.5, 0.6) is 0 Å². The first-order chi connectivity index (χ1) is 13.6. The van der Waals surface area contributed by atoms with Crippen LogP contribution in [0.25, 0.3) is 0 Å². The summed E-state index contributed by atoms with van der Waals surface area (Å²) in [5.74, 6) is 0.147. The smallest absolute Gasteiger partial charge is 0.171 e. The molecule has 4 aliphatic carbocycles. The average Bonchev–Trinajstić information content (AvgIpc) is 2.99. The number of fused-ring (bicyclic) bond motifs is 5. The molecule has 1 heterocycles. The van der Waals surface area contributed by atoms with Crippen LogP contribution in [0.15, 0.2) is 11.6 Å². The van der Waals surface area contributed by atoms with Crippen molar-refractivity contribution in [2.75, 3.05) is 13.2 Å². The highest BCUT2D eigenvalue weighted by atomic mass is 16.7. The molecule has 0 aromatic heterocycles. The van der Waals surface area contributed by atoms with Gasteiger partial charge in [-0.05, 0) is 49.5 Å². The molecule has 0 bridgehead atoms. The van der Waals surface area contributed by atoms with Crippen LogP contribution in [0.3, 0.4) is 0 Å². The van der Waals surface area contributed by atoms with E-state index in [4.69, 9.17) is 9.47 Å². The van der Waals surface area contributed by atoms with Crippen molar-refractivity contribution in [2.24, 2.45) is 28.1 Å². The van der Waals surface area contributed by atoms with Gasteiger partial charge in [-0.25, -0.2) is 0 Å². The molecule has 5 heteroatoms. The number of ether oxygens (including phenoxy) is 2. The number of aliphatic hydroxyl groups is 1. The van der Waals surface area contributed by atoms with Gasteiger partial charge in [0.1, 0.15) is 11.2 Å². The van der Waals surface area contributed by atoms with E-state index in [9.17, 15) is 15.2 Å². The number of nitrogens with zero attached hydrogens (tertiary/aromatic N) is 1. The van der Waals surface area contributed by atoms with Crippen LogP contribution in [-0.2, 0) is 14.3 Å². The number of Topliss-reactive ketones (excluding diaryl/α,β-unsaturated/α-hetero) is 1. The van der Waals surface area contributed by atoms with E-state index in [0.717, 1.165) is 18.4 Å². The van der Waals surface area contributed by atoms with Gasteiger partial charge in [-0.15, -0.1) is 0 Å². The Morgan fingerprint density at radius 2 is 1.86 bits per heavy atom. The second-order valence-electron chi connectivity index (χ2n) is 11.4. The fourth-order valence-corrected chi connectivity index (χ4v) is 7.16. The summed E-state index contributed by atoms with van der Waals surface area (Å²) >= 11 is 0. The number of rotatable bonds is 0. The fraction of sp³-hybridized carbons (Fsp3) is 0.833. The molecular formula is C24H33NO4. The summed E-state index contributed by atoms with van der Waals surface area (Å²) in [6, 6.07) is 2.59. The van der Waals surface area contributed by atoms with Gasteiger partial charge < -0.3 is 14.6 Å². The molecule has 3 saturated carbocycles. The van der Waals surface area contributed by atoms with Crippen molar-refractivity contribution >= 4 is 5.78 Å². The topological polar surface area (TPSA) is 79.5 Å². The van der Waals surface area contributed by atoms with Gasteiger partial charge in [0.05, 0.1) is 24.9 Å². The minimum atomic E-state index is -1.14. The molecule has 29 heavy (non-hydrogen) atoms. The van der Waals surface area contributed by atoms with Crippen molar-refractivity contribution in [3.63, 3.8) is 0 Å². The number of hydrogen-bond acceptors (Lipinski definition) is 5. The molecule has 5 rings (SSSR count). The van der Waals surface area contributed by atoms with Crippen molar-refractivity contribution in [3.8, 4) is 6.07 Å². The Morgan fingerprint density at radius 3 is 2.55 bits per heavy atom. The van der Waals surface area contributed by atoms with E-state index in [1.165, 1.54) is 0 Å². The molecular weight excluding hydrogens is 366 g/mol. The third kappa shape index (κ3) is 2.52. The fourth-order valence-electron chi connectivity index (χ4n) is 7.16. The molecule has 158 valence electrons. The molecule has 1 N–H and O–H groups in total. The number of hydrogen-bond donors (Lipinski definition) is 1. The first-order valence-electron chi connectivity index (χ1n) is 11.2. The van der Waals surface area contributed by atoms with Gasteiger partial charge in [-0.3, -0.25) is 4.79 Å². The maximum atomic E-state index is 12.6. The third-order valence-corrected chi connectivity index (χ3v) is 9.01. The summed E-state index contributed by atoms with van der Waals surface area (Å²) in [6.45, 7) is 7.57. The molecule has 0 amide bonds. The molecule has 0 unspecified atom stereocenters. The summed E-state index contributed by atoms with van der Waals surface area (Å²) < 4.78 is 12.4. The summed E-state index contributed by atoms with van der Waals surface area (Å²) in [4.78, 5) is 12.6. The Kier molecular flexibility index (Phi) is 4.03. The van der Waals surface area contributed by atoms with Crippen LogP contribution < -0.4 is 0 Å². The van der Waals surface area contributed by atoms with Gasteiger partial charge in [0.15, 0.2) is 5.79 Å². The second kappa shape index (κ2) is 5.93. The Labute approximate surface area is 173 Å². The molecule has 0 radical (unpaired) electrons. The second-order valence-corrected chi connectivity index (χ2v) is 11.4.